The van der Waals surface area contributed by atoms with Gasteiger partial charge in [-0.3, -0.25) is 9.59 Å². The lowest BCUT2D eigenvalue weighted by Gasteiger charge is -2.38. The van der Waals surface area contributed by atoms with E-state index in [0.717, 1.165) is 12.8 Å². The van der Waals surface area contributed by atoms with Gasteiger partial charge in [-0.15, -0.1) is 0 Å². The minimum absolute atomic E-state index is 0.116. The first-order valence-corrected chi connectivity index (χ1v) is 7.94. The number of aromatic nitrogens is 1. The first kappa shape index (κ1) is 16.0. The van der Waals surface area contributed by atoms with E-state index in [1.54, 1.807) is 6.92 Å². The number of aryl methyl sites for hydroxylation is 1. The minimum atomic E-state index is -0.498. The second kappa shape index (κ2) is 5.33. The zero-order valence-electron chi connectivity index (χ0n) is 13.8. The van der Waals surface area contributed by atoms with E-state index in [9.17, 15) is 9.59 Å². The molecule has 2 saturated heterocycles. The van der Waals surface area contributed by atoms with Crippen molar-refractivity contribution < 1.29 is 18.7 Å². The Morgan fingerprint density at radius 1 is 1.48 bits per heavy atom. The summed E-state index contributed by atoms with van der Waals surface area (Å²) in [6, 6.07) is 0. The topological polar surface area (TPSA) is 98.7 Å². The number of likely N-dealkylation sites (tertiary alicyclic amines) is 1. The Morgan fingerprint density at radius 2 is 2.22 bits per heavy atom. The Hall–Kier alpha value is -1.89. The van der Waals surface area contributed by atoms with Crippen LogP contribution in [0.25, 0.3) is 0 Å². The summed E-state index contributed by atoms with van der Waals surface area (Å²) in [6.07, 6.45) is 3.47. The van der Waals surface area contributed by atoms with Crippen LogP contribution in [-0.2, 0) is 9.53 Å². The van der Waals surface area contributed by atoms with Gasteiger partial charge in [-0.2, -0.15) is 0 Å². The van der Waals surface area contributed by atoms with Crippen molar-refractivity contribution in [3.63, 3.8) is 0 Å². The first-order valence-electron chi connectivity index (χ1n) is 7.94. The number of hydrogen-bond acceptors (Lipinski definition) is 5. The van der Waals surface area contributed by atoms with Crippen LogP contribution in [0, 0.1) is 6.92 Å². The fourth-order valence-electron chi connectivity index (χ4n) is 4.13. The maximum atomic E-state index is 12.9. The summed E-state index contributed by atoms with van der Waals surface area (Å²) >= 11 is 0. The van der Waals surface area contributed by atoms with Crippen molar-refractivity contribution >= 4 is 11.8 Å². The second-order valence-electron chi connectivity index (χ2n) is 7.13. The Morgan fingerprint density at radius 3 is 2.83 bits per heavy atom. The maximum Gasteiger partial charge on any atom is 0.276 e. The molecule has 1 aromatic heterocycles. The highest BCUT2D eigenvalue weighted by atomic mass is 16.5. The van der Waals surface area contributed by atoms with Crippen LogP contribution >= 0.6 is 0 Å². The average molecular weight is 321 g/mol. The molecule has 2 atom stereocenters. The van der Waals surface area contributed by atoms with E-state index in [1.807, 2.05) is 18.7 Å². The number of primary amides is 1. The van der Waals surface area contributed by atoms with Crippen molar-refractivity contribution in [3.8, 4) is 0 Å². The van der Waals surface area contributed by atoms with E-state index in [4.69, 9.17) is 14.9 Å². The molecule has 3 rings (SSSR count). The van der Waals surface area contributed by atoms with Gasteiger partial charge in [-0.05, 0) is 26.7 Å². The molecule has 23 heavy (non-hydrogen) atoms. The highest BCUT2D eigenvalue weighted by Crippen LogP contribution is 2.49. The molecule has 2 aliphatic heterocycles. The molecule has 0 bridgehead atoms. The predicted molar refractivity (Wildman–Crippen MR) is 81.6 cm³/mol. The fourth-order valence-corrected chi connectivity index (χ4v) is 4.13. The number of ether oxygens (including phenoxy) is 1. The molecule has 0 aliphatic carbocycles. The van der Waals surface area contributed by atoms with Crippen LogP contribution < -0.4 is 5.73 Å². The second-order valence-corrected chi connectivity index (χ2v) is 7.13. The van der Waals surface area contributed by atoms with E-state index < -0.39 is 17.0 Å². The quantitative estimate of drug-likeness (QED) is 0.907. The van der Waals surface area contributed by atoms with Crippen LogP contribution in [0.15, 0.2) is 10.7 Å². The van der Waals surface area contributed by atoms with Gasteiger partial charge in [0.25, 0.3) is 5.91 Å². The molecule has 3 heterocycles. The third-order valence-corrected chi connectivity index (χ3v) is 4.79. The molecule has 0 unspecified atom stereocenters. The Labute approximate surface area is 135 Å². The zero-order chi connectivity index (χ0) is 16.8. The highest BCUT2D eigenvalue weighted by Gasteiger charge is 2.58. The molecule has 1 spiro atoms. The molecule has 2 aliphatic rings. The van der Waals surface area contributed by atoms with Gasteiger partial charge in [0, 0.05) is 19.9 Å². The first-order chi connectivity index (χ1) is 10.7. The zero-order valence-corrected chi connectivity index (χ0v) is 13.8. The molecule has 126 valence electrons. The van der Waals surface area contributed by atoms with Crippen LogP contribution in [0.4, 0.5) is 0 Å². The molecule has 2 amide bonds. The summed E-state index contributed by atoms with van der Waals surface area (Å²) in [7, 11) is 0. The lowest BCUT2D eigenvalue weighted by molar-refractivity contribution is -0.123. The lowest BCUT2D eigenvalue weighted by Crippen LogP contribution is -2.53. The number of nitrogens with two attached hydrogens (primary N) is 1. The SMILES string of the molecule is Cc1nc(C(=O)N2CCC[C@]23CC(C)(C)O[C@H]3CC(N)=O)co1. The predicted octanol–water partition coefficient (Wildman–Crippen LogP) is 1.40. The average Bonchev–Trinajstić information content (AvgIpc) is 3.08. The number of oxazole rings is 1. The smallest absolute Gasteiger partial charge is 0.276 e. The monoisotopic (exact) mass is 321 g/mol. The third-order valence-electron chi connectivity index (χ3n) is 4.79. The molecule has 0 radical (unpaired) electrons. The van der Waals surface area contributed by atoms with Gasteiger partial charge >= 0.3 is 0 Å². The summed E-state index contributed by atoms with van der Waals surface area (Å²) in [4.78, 5) is 30.3. The molecule has 0 aromatic carbocycles. The van der Waals surface area contributed by atoms with Gasteiger partial charge in [-0.25, -0.2) is 4.98 Å². The summed E-state index contributed by atoms with van der Waals surface area (Å²) in [5.74, 6) is -0.128. The van der Waals surface area contributed by atoms with Crippen molar-refractivity contribution in [2.75, 3.05) is 6.54 Å². The van der Waals surface area contributed by atoms with Crippen LogP contribution in [-0.4, -0.2) is 45.5 Å². The molecular weight excluding hydrogens is 298 g/mol. The van der Waals surface area contributed by atoms with Crippen molar-refractivity contribution in [1.29, 1.82) is 0 Å². The molecular formula is C16H23N3O4. The lowest BCUT2D eigenvalue weighted by atomic mass is 9.82. The number of hydrogen-bond donors (Lipinski definition) is 1. The number of nitrogens with zero attached hydrogens (tertiary/aromatic N) is 2. The van der Waals surface area contributed by atoms with Gasteiger partial charge in [0.05, 0.1) is 23.7 Å². The van der Waals surface area contributed by atoms with E-state index in [0.29, 0.717) is 24.6 Å². The van der Waals surface area contributed by atoms with Gasteiger partial charge in [0.15, 0.2) is 11.6 Å². The maximum absolute atomic E-state index is 12.9. The van der Waals surface area contributed by atoms with Gasteiger partial charge < -0.3 is 19.8 Å². The van der Waals surface area contributed by atoms with Crippen LogP contribution in [0.5, 0.6) is 0 Å². The molecule has 1 aromatic rings. The summed E-state index contributed by atoms with van der Waals surface area (Å²) < 4.78 is 11.2. The van der Waals surface area contributed by atoms with Crippen molar-refractivity contribution in [2.45, 2.75) is 63.7 Å². The number of rotatable bonds is 3. The minimum Gasteiger partial charge on any atom is -0.448 e. The third kappa shape index (κ3) is 2.73. The molecule has 0 saturated carbocycles. The normalized spacial score (nSPS) is 29.3. The van der Waals surface area contributed by atoms with E-state index in [2.05, 4.69) is 4.98 Å². The fraction of sp³-hybridized carbons (Fsp3) is 0.688. The molecule has 7 heteroatoms. The largest absolute Gasteiger partial charge is 0.448 e. The summed E-state index contributed by atoms with van der Waals surface area (Å²) in [5.41, 5.74) is 4.80. The summed E-state index contributed by atoms with van der Waals surface area (Å²) in [5, 5.41) is 0. The van der Waals surface area contributed by atoms with Crippen LogP contribution in [0.2, 0.25) is 0 Å². The van der Waals surface area contributed by atoms with E-state index in [-0.39, 0.29) is 18.4 Å². The van der Waals surface area contributed by atoms with Crippen molar-refractivity contribution in [2.24, 2.45) is 5.73 Å². The molecule has 7 nitrogen and oxygen atoms in total. The number of carbonyl (C=O) groups excluding carboxylic acids is 2. The standard InChI is InChI=1S/C16H23N3O4/c1-10-18-11(8-22-10)14(21)19-6-4-5-16(19)9-15(2,3)23-12(16)7-13(17)20/h8,12H,4-7,9H2,1-3H3,(H2,17,20)/t12-,16+/m0/s1. The van der Waals surface area contributed by atoms with Crippen molar-refractivity contribution in [1.82, 2.24) is 9.88 Å². The van der Waals surface area contributed by atoms with Crippen molar-refractivity contribution in [3.05, 3.63) is 17.8 Å². The Bertz CT molecular complexity index is 639. The van der Waals surface area contributed by atoms with Gasteiger partial charge in [0.1, 0.15) is 6.26 Å². The highest BCUT2D eigenvalue weighted by molar-refractivity contribution is 5.93. The Kier molecular flexibility index (Phi) is 3.71. The molecule has 2 fully saturated rings. The summed E-state index contributed by atoms with van der Waals surface area (Å²) in [6.45, 7) is 6.29. The van der Waals surface area contributed by atoms with Crippen LogP contribution in [0.1, 0.15) is 55.9 Å². The van der Waals surface area contributed by atoms with E-state index >= 15 is 0 Å². The van der Waals surface area contributed by atoms with Crippen LogP contribution in [0.3, 0.4) is 0 Å². The Balaban J connectivity index is 1.94. The van der Waals surface area contributed by atoms with Gasteiger partial charge in [-0.1, -0.05) is 0 Å². The number of carbonyl (C=O) groups is 2. The molecule has 2 N–H and O–H groups in total. The number of amides is 2. The van der Waals surface area contributed by atoms with Gasteiger partial charge in [0.2, 0.25) is 5.91 Å². The van der Waals surface area contributed by atoms with E-state index in [1.165, 1.54) is 6.26 Å².